The Morgan fingerprint density at radius 3 is 2.59 bits per heavy atom. The fraction of sp³-hybridized carbons (Fsp3) is 0.684. The van der Waals surface area contributed by atoms with E-state index in [1.54, 1.807) is 0 Å². The van der Waals surface area contributed by atoms with Crippen LogP contribution in [0.4, 0.5) is 13.2 Å². The van der Waals surface area contributed by atoms with Gasteiger partial charge in [-0.25, -0.2) is 4.39 Å². The molecule has 1 aliphatic heterocycles. The Morgan fingerprint density at radius 2 is 1.97 bits per heavy atom. The van der Waals surface area contributed by atoms with Crippen molar-refractivity contribution in [2.75, 3.05) is 13.7 Å². The van der Waals surface area contributed by atoms with Crippen molar-refractivity contribution in [3.8, 4) is 11.8 Å². The molecule has 1 aliphatic carbocycles. The van der Waals surface area contributed by atoms with Crippen LogP contribution in [0.1, 0.15) is 44.1 Å². The number of methoxy groups -OCH3 is 1. The molecular formula is C19H26F3N3O4. The quantitative estimate of drug-likeness (QED) is 0.677. The third kappa shape index (κ3) is 5.96. The highest BCUT2D eigenvalue weighted by Gasteiger charge is 2.27. The highest BCUT2D eigenvalue weighted by atomic mass is 19.3. The first-order chi connectivity index (χ1) is 14.0. The zero-order valence-corrected chi connectivity index (χ0v) is 16.3. The van der Waals surface area contributed by atoms with Gasteiger partial charge in [-0.2, -0.15) is 13.8 Å². The summed E-state index contributed by atoms with van der Waals surface area (Å²) in [5.41, 5.74) is 0.401. The summed E-state index contributed by atoms with van der Waals surface area (Å²) in [7, 11) is 1.40. The molecule has 1 unspecified atom stereocenters. The lowest BCUT2D eigenvalue weighted by molar-refractivity contribution is -0.173. The van der Waals surface area contributed by atoms with Crippen molar-refractivity contribution in [2.24, 2.45) is 0 Å². The molecule has 1 atom stereocenters. The van der Waals surface area contributed by atoms with Crippen LogP contribution in [0, 0.1) is 5.82 Å². The van der Waals surface area contributed by atoms with Crippen molar-refractivity contribution in [2.45, 2.75) is 69.9 Å². The number of nitrogens with one attached hydrogen (secondary N) is 2. The average molecular weight is 417 g/mol. The molecule has 1 saturated heterocycles. The Hall–Kier alpha value is -2.07. The largest absolute Gasteiger partial charge is 0.481 e. The van der Waals surface area contributed by atoms with Crippen molar-refractivity contribution < 1.29 is 32.2 Å². The highest BCUT2D eigenvalue weighted by Crippen LogP contribution is 2.29. The number of halogens is 3. The van der Waals surface area contributed by atoms with Gasteiger partial charge in [0.1, 0.15) is 6.10 Å². The minimum atomic E-state index is -2.79. The molecule has 2 N–H and O–H groups in total. The number of hydrogen-bond acceptors (Lipinski definition) is 6. The van der Waals surface area contributed by atoms with Crippen LogP contribution in [0.15, 0.2) is 6.07 Å². The minimum absolute atomic E-state index is 0.0838. The third-order valence-corrected chi connectivity index (χ3v) is 5.20. The second-order valence-corrected chi connectivity index (χ2v) is 7.22. The zero-order valence-electron chi connectivity index (χ0n) is 16.3. The topological polar surface area (TPSA) is 81.7 Å². The summed E-state index contributed by atoms with van der Waals surface area (Å²) in [6.45, 7) is -1.90. The van der Waals surface area contributed by atoms with Gasteiger partial charge in [-0.3, -0.25) is 4.79 Å². The van der Waals surface area contributed by atoms with E-state index < -0.39 is 18.5 Å². The summed E-state index contributed by atoms with van der Waals surface area (Å²) in [6.07, 6.45) is 2.62. The summed E-state index contributed by atoms with van der Waals surface area (Å²) < 4.78 is 54.4. The lowest BCUT2D eigenvalue weighted by Gasteiger charge is -2.28. The number of alkyl halides is 2. The standard InChI is InChI=1S/C19H26F3N3O4/c1-27-17-11(10-24-16(26)15-3-2-8-23-15)9-14(20)18(25-17)28-12-4-6-13(7-5-12)29-19(21)22/h9,12-13,15,19,23H,2-8,10H2,1H3,(H,24,26). The van der Waals surface area contributed by atoms with Gasteiger partial charge in [0.25, 0.3) is 5.88 Å². The summed E-state index contributed by atoms with van der Waals surface area (Å²) in [5, 5.41) is 5.86. The molecule has 1 aromatic heterocycles. The van der Waals surface area contributed by atoms with E-state index in [1.807, 2.05) is 0 Å². The first kappa shape index (κ1) is 21.6. The molecule has 0 bridgehead atoms. The monoisotopic (exact) mass is 417 g/mol. The molecule has 29 heavy (non-hydrogen) atoms. The van der Waals surface area contributed by atoms with E-state index in [-0.39, 0.29) is 36.4 Å². The van der Waals surface area contributed by atoms with E-state index in [4.69, 9.17) is 9.47 Å². The highest BCUT2D eigenvalue weighted by molar-refractivity contribution is 5.82. The summed E-state index contributed by atoms with van der Waals surface area (Å²) in [6, 6.07) is 1.00. The number of carbonyl (C=O) groups excluding carboxylic acids is 1. The first-order valence-corrected chi connectivity index (χ1v) is 9.81. The molecular weight excluding hydrogens is 391 g/mol. The Labute approximate surface area is 167 Å². The van der Waals surface area contributed by atoms with Crippen molar-refractivity contribution in [1.82, 2.24) is 15.6 Å². The minimum Gasteiger partial charge on any atom is -0.481 e. The Morgan fingerprint density at radius 1 is 1.24 bits per heavy atom. The molecule has 3 rings (SSSR count). The van der Waals surface area contributed by atoms with Gasteiger partial charge >= 0.3 is 6.61 Å². The third-order valence-electron chi connectivity index (χ3n) is 5.20. The van der Waals surface area contributed by atoms with E-state index in [0.717, 1.165) is 19.4 Å². The summed E-state index contributed by atoms with van der Waals surface area (Å²) >= 11 is 0. The molecule has 0 radical (unpaired) electrons. The van der Waals surface area contributed by atoms with Gasteiger partial charge in [0.15, 0.2) is 5.82 Å². The maximum absolute atomic E-state index is 14.5. The number of ether oxygens (including phenoxy) is 3. The van der Waals surface area contributed by atoms with Crippen LogP contribution in [-0.4, -0.2) is 49.4 Å². The molecule has 2 fully saturated rings. The first-order valence-electron chi connectivity index (χ1n) is 9.81. The maximum atomic E-state index is 14.5. The van der Waals surface area contributed by atoms with E-state index in [9.17, 15) is 18.0 Å². The molecule has 0 aromatic carbocycles. The molecule has 2 aliphatic rings. The van der Waals surface area contributed by atoms with Crippen LogP contribution in [0.25, 0.3) is 0 Å². The van der Waals surface area contributed by atoms with Gasteiger partial charge in [-0.1, -0.05) is 0 Å². The predicted octanol–water partition coefficient (Wildman–Crippen LogP) is 2.53. The maximum Gasteiger partial charge on any atom is 0.345 e. The number of aromatic nitrogens is 1. The zero-order chi connectivity index (χ0) is 20.8. The van der Waals surface area contributed by atoms with Gasteiger partial charge in [-0.15, -0.1) is 0 Å². The van der Waals surface area contributed by atoms with Crippen molar-refractivity contribution in [3.63, 3.8) is 0 Å². The van der Waals surface area contributed by atoms with Crippen LogP contribution in [0.2, 0.25) is 0 Å². The Kier molecular flexibility index (Phi) is 7.54. The summed E-state index contributed by atoms with van der Waals surface area (Å²) in [4.78, 5) is 16.2. The van der Waals surface area contributed by atoms with Gasteiger partial charge in [0, 0.05) is 12.1 Å². The number of nitrogens with zero attached hydrogens (tertiary/aromatic N) is 1. The number of hydrogen-bond donors (Lipinski definition) is 2. The normalized spacial score (nSPS) is 24.5. The van der Waals surface area contributed by atoms with E-state index in [1.165, 1.54) is 13.2 Å². The second-order valence-electron chi connectivity index (χ2n) is 7.22. The van der Waals surface area contributed by atoms with Crippen molar-refractivity contribution in [3.05, 3.63) is 17.4 Å². The van der Waals surface area contributed by atoms with Crippen LogP contribution in [0.5, 0.6) is 11.8 Å². The van der Waals surface area contributed by atoms with Crippen LogP contribution < -0.4 is 20.1 Å². The van der Waals surface area contributed by atoms with Gasteiger partial charge in [0.2, 0.25) is 11.8 Å². The number of rotatable bonds is 8. The molecule has 162 valence electrons. The molecule has 0 spiro atoms. The Bertz CT molecular complexity index is 694. The SMILES string of the molecule is COc1nc(OC2CCC(OC(F)F)CC2)c(F)cc1CNC(=O)C1CCCN1. The lowest BCUT2D eigenvalue weighted by Crippen LogP contribution is -2.40. The lowest BCUT2D eigenvalue weighted by atomic mass is 9.95. The molecule has 2 heterocycles. The number of amides is 1. The molecule has 1 amide bonds. The van der Waals surface area contributed by atoms with Crippen LogP contribution >= 0.6 is 0 Å². The predicted molar refractivity (Wildman–Crippen MR) is 97.4 cm³/mol. The second kappa shape index (κ2) is 10.1. The molecule has 1 saturated carbocycles. The van der Waals surface area contributed by atoms with Crippen molar-refractivity contribution in [1.29, 1.82) is 0 Å². The molecule has 10 heteroatoms. The fourth-order valence-corrected chi connectivity index (χ4v) is 3.68. The average Bonchev–Trinajstić information content (AvgIpc) is 3.23. The number of carbonyl (C=O) groups is 1. The summed E-state index contributed by atoms with van der Waals surface area (Å²) in [5.74, 6) is -0.850. The van der Waals surface area contributed by atoms with Gasteiger partial charge in [-0.05, 0) is 51.1 Å². The fourth-order valence-electron chi connectivity index (χ4n) is 3.68. The smallest absolute Gasteiger partial charge is 0.345 e. The molecule has 1 aromatic rings. The number of pyridine rings is 1. The Balaban J connectivity index is 1.57. The van der Waals surface area contributed by atoms with Crippen molar-refractivity contribution >= 4 is 5.91 Å². The molecule has 7 nitrogen and oxygen atoms in total. The van der Waals surface area contributed by atoms with Crippen LogP contribution in [-0.2, 0) is 16.1 Å². The van der Waals surface area contributed by atoms with Gasteiger partial charge in [0.05, 0.1) is 19.3 Å². The van der Waals surface area contributed by atoms with E-state index in [2.05, 4.69) is 20.4 Å². The van der Waals surface area contributed by atoms with E-state index >= 15 is 0 Å². The van der Waals surface area contributed by atoms with E-state index in [0.29, 0.717) is 31.2 Å². The van der Waals surface area contributed by atoms with Gasteiger partial charge < -0.3 is 24.8 Å². The van der Waals surface area contributed by atoms with Crippen LogP contribution in [0.3, 0.4) is 0 Å².